The van der Waals surface area contributed by atoms with Gasteiger partial charge in [-0.3, -0.25) is 0 Å². The molecule has 2 aromatic rings. The highest BCUT2D eigenvalue weighted by Crippen LogP contribution is 2.45. The zero-order valence-electron chi connectivity index (χ0n) is 15.9. The Bertz CT molecular complexity index is 871. The Morgan fingerprint density at radius 3 is 2.68 bits per heavy atom. The van der Waals surface area contributed by atoms with Crippen molar-refractivity contribution >= 4 is 6.09 Å². The van der Waals surface area contributed by atoms with E-state index >= 15 is 0 Å². The molecule has 0 bridgehead atoms. The second-order valence-electron chi connectivity index (χ2n) is 8.09. The molecule has 148 valence electrons. The highest BCUT2D eigenvalue weighted by Gasteiger charge is 2.37. The molecule has 8 nitrogen and oxygen atoms in total. The van der Waals surface area contributed by atoms with Gasteiger partial charge in [0.1, 0.15) is 0 Å². The van der Waals surface area contributed by atoms with Gasteiger partial charge in [0.25, 0.3) is 0 Å². The first-order valence-electron chi connectivity index (χ1n) is 10.1. The third kappa shape index (κ3) is 4.10. The van der Waals surface area contributed by atoms with E-state index in [1.54, 1.807) is 13.0 Å². The molecule has 8 heteroatoms. The van der Waals surface area contributed by atoms with Crippen LogP contribution in [-0.4, -0.2) is 27.8 Å². The molecule has 1 N–H and O–H groups in total. The molecule has 0 aromatic carbocycles. The lowest BCUT2D eigenvalue weighted by Crippen LogP contribution is -2.33. The number of pyridine rings is 1. The number of rotatable bonds is 8. The molecule has 2 heterocycles. The van der Waals surface area contributed by atoms with E-state index in [0.717, 1.165) is 31.2 Å². The van der Waals surface area contributed by atoms with Gasteiger partial charge in [0.2, 0.25) is 17.7 Å². The van der Waals surface area contributed by atoms with E-state index in [9.17, 15) is 4.79 Å². The van der Waals surface area contributed by atoms with Crippen molar-refractivity contribution in [1.82, 2.24) is 20.4 Å². The smallest absolute Gasteiger partial charge is 0.414 e. The Kier molecular flexibility index (Phi) is 4.41. The summed E-state index contributed by atoms with van der Waals surface area (Å²) < 4.78 is 16.4. The summed E-state index contributed by atoms with van der Waals surface area (Å²) >= 11 is 0. The van der Waals surface area contributed by atoms with Crippen LogP contribution < -0.4 is 14.8 Å². The van der Waals surface area contributed by atoms with E-state index in [1.807, 2.05) is 6.07 Å². The van der Waals surface area contributed by atoms with Gasteiger partial charge in [-0.05, 0) is 62.3 Å². The summed E-state index contributed by atoms with van der Waals surface area (Å²) in [6.07, 6.45) is 6.23. The fraction of sp³-hybridized carbons (Fsp3) is 0.600. The summed E-state index contributed by atoms with van der Waals surface area (Å²) in [5.41, 5.74) is 1.12. The first kappa shape index (κ1) is 17.5. The first-order chi connectivity index (χ1) is 13.7. The lowest BCUT2D eigenvalue weighted by atomic mass is 10.2. The molecule has 2 aromatic heterocycles. The normalized spacial score (nSPS) is 19.9. The molecule has 1 atom stereocenters. The van der Waals surface area contributed by atoms with Crippen molar-refractivity contribution in [1.29, 1.82) is 0 Å². The van der Waals surface area contributed by atoms with Crippen molar-refractivity contribution < 1.29 is 18.8 Å². The molecule has 0 saturated heterocycles. The molecule has 1 amide bonds. The van der Waals surface area contributed by atoms with Crippen LogP contribution in [0.4, 0.5) is 4.79 Å². The fourth-order valence-corrected chi connectivity index (χ4v) is 3.31. The summed E-state index contributed by atoms with van der Waals surface area (Å²) in [5, 5.41) is 6.80. The Hall–Kier alpha value is -2.64. The topological polar surface area (TPSA) is 99.4 Å². The van der Waals surface area contributed by atoms with E-state index in [-0.39, 0.29) is 11.9 Å². The van der Waals surface area contributed by atoms with Crippen LogP contribution in [0.25, 0.3) is 0 Å². The lowest BCUT2D eigenvalue weighted by molar-refractivity contribution is 0.190. The van der Waals surface area contributed by atoms with Crippen LogP contribution in [0.1, 0.15) is 67.8 Å². The maximum absolute atomic E-state index is 12.5. The molecular weight excluding hydrogens is 360 g/mol. The molecule has 28 heavy (non-hydrogen) atoms. The number of ether oxygens (including phenoxy) is 2. The molecule has 1 unspecified atom stereocenters. The second-order valence-corrected chi connectivity index (χ2v) is 8.09. The van der Waals surface area contributed by atoms with Crippen molar-refractivity contribution in [2.45, 2.75) is 57.4 Å². The van der Waals surface area contributed by atoms with Crippen LogP contribution in [0.15, 0.2) is 16.7 Å². The number of hydrogen-bond acceptors (Lipinski definition) is 7. The highest BCUT2D eigenvalue weighted by atomic mass is 16.6. The average molecular weight is 384 g/mol. The summed E-state index contributed by atoms with van der Waals surface area (Å²) in [6.45, 7) is 2.41. The third-order valence-electron chi connectivity index (χ3n) is 5.42. The summed E-state index contributed by atoms with van der Waals surface area (Å²) in [4.78, 5) is 21.2. The minimum atomic E-state index is -0.570. The van der Waals surface area contributed by atoms with E-state index in [0.29, 0.717) is 42.0 Å². The predicted octanol–water partition coefficient (Wildman–Crippen LogP) is 3.68. The number of hydrogen-bond donors (Lipinski definition) is 1. The SMILES string of the molecule is Cc1nc(C(NC(=O)Oc2ccc(C3CC3)c(OCC3CC3)n2)C2CC2)no1. The van der Waals surface area contributed by atoms with Gasteiger partial charge in [-0.15, -0.1) is 0 Å². The summed E-state index contributed by atoms with van der Waals surface area (Å²) in [7, 11) is 0. The third-order valence-corrected chi connectivity index (χ3v) is 5.42. The van der Waals surface area contributed by atoms with Crippen LogP contribution in [0, 0.1) is 18.8 Å². The zero-order valence-corrected chi connectivity index (χ0v) is 15.9. The number of aryl methyl sites for hydroxylation is 1. The Labute approximate surface area is 163 Å². The molecular formula is C20H24N4O4. The number of amides is 1. The van der Waals surface area contributed by atoms with Crippen LogP contribution in [-0.2, 0) is 0 Å². The number of carbonyl (C=O) groups excluding carboxylic acids is 1. The van der Waals surface area contributed by atoms with Gasteiger partial charge in [0.15, 0.2) is 5.82 Å². The summed E-state index contributed by atoms with van der Waals surface area (Å²) in [5.74, 6) is 3.28. The van der Waals surface area contributed by atoms with Gasteiger partial charge in [-0.25, -0.2) is 4.79 Å². The maximum atomic E-state index is 12.5. The molecule has 3 saturated carbocycles. The van der Waals surface area contributed by atoms with Crippen molar-refractivity contribution in [3.63, 3.8) is 0 Å². The summed E-state index contributed by atoms with van der Waals surface area (Å²) in [6, 6.07) is 3.40. The van der Waals surface area contributed by atoms with Gasteiger partial charge in [-0.1, -0.05) is 5.16 Å². The van der Waals surface area contributed by atoms with Gasteiger partial charge in [-0.2, -0.15) is 9.97 Å². The van der Waals surface area contributed by atoms with Gasteiger partial charge < -0.3 is 19.3 Å². The van der Waals surface area contributed by atoms with Gasteiger partial charge in [0, 0.05) is 18.6 Å². The number of nitrogens with one attached hydrogen (secondary N) is 1. The van der Waals surface area contributed by atoms with Gasteiger partial charge in [0.05, 0.1) is 12.6 Å². The zero-order chi connectivity index (χ0) is 19.1. The van der Waals surface area contributed by atoms with Crippen molar-refractivity contribution in [3.8, 4) is 11.8 Å². The molecule has 3 aliphatic carbocycles. The maximum Gasteiger partial charge on any atom is 0.414 e. The van der Waals surface area contributed by atoms with Crippen LogP contribution >= 0.6 is 0 Å². The largest absolute Gasteiger partial charge is 0.477 e. The van der Waals surface area contributed by atoms with Crippen molar-refractivity contribution in [3.05, 3.63) is 29.4 Å². The number of nitrogens with zero attached hydrogens (tertiary/aromatic N) is 3. The standard InChI is InChI=1S/C20H24N4O4/c1-11-21-18(24-28-11)17(14-6-7-14)23-20(25)27-16-9-8-15(13-4-5-13)19(22-16)26-10-12-2-3-12/h8-9,12-14,17H,2-7,10H2,1H3,(H,23,25). The number of carbonyl (C=O) groups is 1. The molecule has 0 radical (unpaired) electrons. The second kappa shape index (κ2) is 7.07. The quantitative estimate of drug-likeness (QED) is 0.741. The van der Waals surface area contributed by atoms with Crippen LogP contribution in [0.3, 0.4) is 0 Å². The minimum Gasteiger partial charge on any atom is -0.477 e. The lowest BCUT2D eigenvalue weighted by Gasteiger charge is -2.15. The Morgan fingerprint density at radius 1 is 1.21 bits per heavy atom. The number of aromatic nitrogens is 3. The molecule has 0 aliphatic heterocycles. The van der Waals surface area contributed by atoms with Crippen LogP contribution in [0.2, 0.25) is 0 Å². The van der Waals surface area contributed by atoms with Gasteiger partial charge >= 0.3 is 6.09 Å². The van der Waals surface area contributed by atoms with Crippen molar-refractivity contribution in [2.75, 3.05) is 6.61 Å². The van der Waals surface area contributed by atoms with E-state index in [4.69, 9.17) is 14.0 Å². The van der Waals surface area contributed by atoms with E-state index < -0.39 is 6.09 Å². The highest BCUT2D eigenvalue weighted by molar-refractivity contribution is 5.70. The van der Waals surface area contributed by atoms with E-state index in [2.05, 4.69) is 20.4 Å². The van der Waals surface area contributed by atoms with E-state index in [1.165, 1.54) is 12.8 Å². The average Bonchev–Trinajstić information content (AvgIpc) is 3.52. The van der Waals surface area contributed by atoms with Crippen molar-refractivity contribution in [2.24, 2.45) is 11.8 Å². The predicted molar refractivity (Wildman–Crippen MR) is 98.1 cm³/mol. The molecule has 0 spiro atoms. The monoisotopic (exact) mass is 384 g/mol. The Balaban J connectivity index is 1.26. The molecule has 3 fully saturated rings. The molecule has 5 rings (SSSR count). The minimum absolute atomic E-state index is 0.242. The fourth-order valence-electron chi connectivity index (χ4n) is 3.31. The molecule has 3 aliphatic rings. The first-order valence-corrected chi connectivity index (χ1v) is 10.1. The Morgan fingerprint density at radius 2 is 2.04 bits per heavy atom. The van der Waals surface area contributed by atoms with Crippen LogP contribution in [0.5, 0.6) is 11.8 Å².